The Morgan fingerprint density at radius 1 is 1.27 bits per heavy atom. The zero-order chi connectivity index (χ0) is 20.7. The van der Waals surface area contributed by atoms with Gasteiger partial charge >= 0.3 is 0 Å². The van der Waals surface area contributed by atoms with Gasteiger partial charge in [-0.25, -0.2) is 9.50 Å². The summed E-state index contributed by atoms with van der Waals surface area (Å²) in [5.74, 6) is 7.26. The molecule has 0 radical (unpaired) electrons. The lowest BCUT2D eigenvalue weighted by molar-refractivity contribution is 0.298. The number of anilines is 1. The Balaban J connectivity index is 1.48. The van der Waals surface area contributed by atoms with Crippen molar-refractivity contribution in [1.29, 1.82) is 5.26 Å². The molecule has 0 atom stereocenters. The Bertz CT molecular complexity index is 1220. The van der Waals surface area contributed by atoms with Crippen LogP contribution < -0.4 is 9.64 Å². The topological polar surface area (TPSA) is 83.5 Å². The fourth-order valence-electron chi connectivity index (χ4n) is 3.70. The predicted molar refractivity (Wildman–Crippen MR) is 119 cm³/mol. The molecule has 5 rings (SSSR count). The zero-order valence-electron chi connectivity index (χ0n) is 16.7. The summed E-state index contributed by atoms with van der Waals surface area (Å²) >= 11 is 0. The number of rotatable bonds is 5. The lowest BCUT2D eigenvalue weighted by Gasteiger charge is -2.29. The average Bonchev–Trinajstić information content (AvgIpc) is 3.49. The Hall–Kier alpha value is -3.05. The third-order valence-corrected chi connectivity index (χ3v) is 7.59. The van der Waals surface area contributed by atoms with Gasteiger partial charge in [-0.3, -0.25) is 4.21 Å². The Morgan fingerprint density at radius 3 is 2.73 bits per heavy atom. The summed E-state index contributed by atoms with van der Waals surface area (Å²) in [6, 6.07) is 8.17. The summed E-state index contributed by atoms with van der Waals surface area (Å²) in [7, 11) is -1.94. The van der Waals surface area contributed by atoms with Crippen LogP contribution >= 0.6 is 0 Å². The van der Waals surface area contributed by atoms with E-state index in [0.29, 0.717) is 42.7 Å². The molecule has 0 bridgehead atoms. The highest BCUT2D eigenvalue weighted by molar-refractivity contribution is 8.00. The predicted octanol–water partition coefficient (Wildman–Crippen LogP) is 2.59. The molecule has 0 amide bonds. The van der Waals surface area contributed by atoms with E-state index in [1.54, 1.807) is 10.7 Å². The van der Waals surface area contributed by atoms with Crippen LogP contribution in [-0.2, 0) is 9.52 Å². The van der Waals surface area contributed by atoms with Crippen molar-refractivity contribution in [2.75, 3.05) is 36.1 Å². The van der Waals surface area contributed by atoms with Crippen LogP contribution in [0.5, 0.6) is 5.75 Å². The van der Waals surface area contributed by atoms with E-state index in [-0.39, 0.29) is 0 Å². The van der Waals surface area contributed by atoms with Gasteiger partial charge in [-0.1, -0.05) is 0 Å². The molecule has 0 N–H and O–H groups in total. The van der Waals surface area contributed by atoms with E-state index in [2.05, 4.69) is 26.9 Å². The van der Waals surface area contributed by atoms with E-state index >= 15 is 0 Å². The van der Waals surface area contributed by atoms with Crippen LogP contribution in [0.15, 0.2) is 36.8 Å². The highest BCUT2D eigenvalue weighted by atomic mass is 32.2. The lowest BCUT2D eigenvalue weighted by atomic mass is 10.1. The standard InChI is InChI=1S/C22H23N5O2S/c1-30(28)8-6-26(7-9-30)21-5-4-17(12-24-21)20-10-19(29-15-16-2-3-16)14-27-22(20)18(11-23)13-25-27/h4-5,10,12-14,16H,1-3,6-9,15H2. The molecule has 3 aromatic rings. The minimum absolute atomic E-state index is 0.518. The zero-order valence-corrected chi connectivity index (χ0v) is 17.5. The maximum absolute atomic E-state index is 12.1. The number of fused-ring (bicyclic) bond motifs is 1. The van der Waals surface area contributed by atoms with Crippen molar-refractivity contribution < 1.29 is 8.95 Å². The summed E-state index contributed by atoms with van der Waals surface area (Å²) < 4.78 is 19.8. The third kappa shape index (κ3) is 3.73. The molecule has 30 heavy (non-hydrogen) atoms. The molecule has 1 saturated carbocycles. The van der Waals surface area contributed by atoms with Gasteiger partial charge in [0.1, 0.15) is 17.6 Å². The number of nitriles is 1. The van der Waals surface area contributed by atoms with Gasteiger partial charge < -0.3 is 9.64 Å². The van der Waals surface area contributed by atoms with Crippen molar-refractivity contribution in [2.24, 2.45) is 5.92 Å². The molecule has 0 aromatic carbocycles. The minimum atomic E-state index is -1.94. The second kappa shape index (κ2) is 7.33. The number of hydrogen-bond donors (Lipinski definition) is 0. The van der Waals surface area contributed by atoms with Crippen molar-refractivity contribution in [3.63, 3.8) is 0 Å². The molecule has 2 aliphatic rings. The molecule has 2 fully saturated rings. The average molecular weight is 422 g/mol. The fraction of sp³-hybridized carbons (Fsp3) is 0.364. The Morgan fingerprint density at radius 2 is 2.07 bits per heavy atom. The number of ether oxygens (including phenoxy) is 1. The highest BCUT2D eigenvalue weighted by Gasteiger charge is 2.23. The first kappa shape index (κ1) is 18.9. The molecule has 4 heterocycles. The molecule has 0 spiro atoms. The first-order valence-corrected chi connectivity index (χ1v) is 12.2. The molecule has 8 heteroatoms. The van der Waals surface area contributed by atoms with Gasteiger partial charge in [-0.2, -0.15) is 10.4 Å². The minimum Gasteiger partial charge on any atom is -0.492 e. The maximum atomic E-state index is 12.1. The summed E-state index contributed by atoms with van der Waals surface area (Å²) in [5.41, 5.74) is 3.04. The summed E-state index contributed by atoms with van der Waals surface area (Å²) in [5, 5.41) is 13.9. The SMILES string of the molecule is C=S1(=O)CCN(c2ccc(-c3cc(OCC4CC4)cn4ncc(C#N)c34)cn2)CC1. The number of aromatic nitrogens is 3. The maximum Gasteiger partial charge on any atom is 0.138 e. The monoisotopic (exact) mass is 421 g/mol. The number of nitrogens with zero attached hydrogens (tertiary/aromatic N) is 5. The quantitative estimate of drug-likeness (QED) is 0.589. The van der Waals surface area contributed by atoms with E-state index < -0.39 is 9.52 Å². The molecule has 0 unspecified atom stereocenters. The smallest absolute Gasteiger partial charge is 0.138 e. The van der Waals surface area contributed by atoms with Crippen LogP contribution in [0.4, 0.5) is 5.82 Å². The van der Waals surface area contributed by atoms with Crippen LogP contribution in [0.1, 0.15) is 18.4 Å². The summed E-state index contributed by atoms with van der Waals surface area (Å²) in [6.45, 7) is 2.11. The van der Waals surface area contributed by atoms with Gasteiger partial charge in [-0.05, 0) is 52.4 Å². The van der Waals surface area contributed by atoms with Gasteiger partial charge in [0, 0.05) is 41.9 Å². The molecular weight excluding hydrogens is 398 g/mol. The Labute approximate surface area is 175 Å². The largest absolute Gasteiger partial charge is 0.492 e. The van der Waals surface area contributed by atoms with E-state index in [4.69, 9.17) is 4.74 Å². The van der Waals surface area contributed by atoms with Crippen molar-refractivity contribution in [3.8, 4) is 22.9 Å². The van der Waals surface area contributed by atoms with Crippen LogP contribution in [0.2, 0.25) is 0 Å². The van der Waals surface area contributed by atoms with Crippen molar-refractivity contribution in [1.82, 2.24) is 14.6 Å². The second-order valence-electron chi connectivity index (χ2n) is 8.07. The summed E-state index contributed by atoms with van der Waals surface area (Å²) in [4.78, 5) is 6.79. The van der Waals surface area contributed by atoms with Crippen LogP contribution in [0, 0.1) is 17.2 Å². The van der Waals surface area contributed by atoms with E-state index in [0.717, 1.165) is 28.2 Å². The van der Waals surface area contributed by atoms with Gasteiger partial charge in [0.15, 0.2) is 0 Å². The highest BCUT2D eigenvalue weighted by Crippen LogP contribution is 2.33. The van der Waals surface area contributed by atoms with Crippen LogP contribution in [-0.4, -0.2) is 55.9 Å². The van der Waals surface area contributed by atoms with Crippen molar-refractivity contribution in [3.05, 3.63) is 42.4 Å². The molecule has 154 valence electrons. The molecule has 1 aliphatic heterocycles. The first-order chi connectivity index (χ1) is 14.5. The van der Waals surface area contributed by atoms with Crippen molar-refractivity contribution in [2.45, 2.75) is 12.8 Å². The lowest BCUT2D eigenvalue weighted by Crippen LogP contribution is -2.40. The number of pyridine rings is 2. The molecule has 1 aliphatic carbocycles. The molecular formula is C22H23N5O2S. The fourth-order valence-corrected chi connectivity index (χ4v) is 5.02. The summed E-state index contributed by atoms with van der Waals surface area (Å²) in [6.07, 6.45) is 7.67. The molecule has 1 saturated heterocycles. The van der Waals surface area contributed by atoms with Gasteiger partial charge in [0.05, 0.1) is 30.1 Å². The first-order valence-electron chi connectivity index (χ1n) is 10.1. The van der Waals surface area contributed by atoms with E-state index in [9.17, 15) is 9.47 Å². The second-order valence-corrected chi connectivity index (χ2v) is 10.8. The van der Waals surface area contributed by atoms with E-state index in [1.807, 2.05) is 30.6 Å². The van der Waals surface area contributed by atoms with Gasteiger partial charge in [-0.15, -0.1) is 0 Å². The third-order valence-electron chi connectivity index (χ3n) is 5.74. The molecule has 7 nitrogen and oxygen atoms in total. The van der Waals surface area contributed by atoms with Crippen LogP contribution in [0.25, 0.3) is 16.6 Å². The molecule has 3 aromatic heterocycles. The van der Waals surface area contributed by atoms with E-state index in [1.165, 1.54) is 12.8 Å². The van der Waals surface area contributed by atoms with Gasteiger partial charge in [0.2, 0.25) is 0 Å². The normalized spacial score (nSPS) is 18.3. The van der Waals surface area contributed by atoms with Gasteiger partial charge in [0.25, 0.3) is 0 Å². The Kier molecular flexibility index (Phi) is 4.63. The van der Waals surface area contributed by atoms with Crippen molar-refractivity contribution >= 4 is 26.7 Å². The number of hydrogen-bond acceptors (Lipinski definition) is 6. The van der Waals surface area contributed by atoms with Crippen LogP contribution in [0.3, 0.4) is 0 Å².